The maximum absolute atomic E-state index is 14.1. The van der Waals surface area contributed by atoms with Gasteiger partial charge in [-0.3, -0.25) is 0 Å². The lowest BCUT2D eigenvalue weighted by atomic mass is 9.96. The number of rotatable bonds is 5. The van der Waals surface area contributed by atoms with E-state index in [1.807, 2.05) is 27.1 Å². The molecule has 7 heteroatoms. The Morgan fingerprint density at radius 2 is 2.16 bits per heavy atom. The van der Waals surface area contributed by atoms with Crippen molar-refractivity contribution in [2.24, 2.45) is 4.99 Å². The predicted octanol–water partition coefficient (Wildman–Crippen LogP) is 2.88. The highest BCUT2D eigenvalue weighted by molar-refractivity contribution is 14.0. The summed E-state index contributed by atoms with van der Waals surface area (Å²) >= 11 is 0. The molecule has 0 aromatic heterocycles. The molecule has 0 radical (unpaired) electrons. The van der Waals surface area contributed by atoms with Gasteiger partial charge in [-0.2, -0.15) is 0 Å². The number of benzene rings is 1. The van der Waals surface area contributed by atoms with Gasteiger partial charge in [0.2, 0.25) is 0 Å². The first-order valence-corrected chi connectivity index (χ1v) is 8.73. The minimum Gasteiger partial charge on any atom is -0.375 e. The molecule has 2 heterocycles. The molecule has 2 bridgehead atoms. The molecule has 3 atom stereocenters. The lowest BCUT2D eigenvalue weighted by molar-refractivity contribution is 0.0992. The monoisotopic (exact) mass is 462 g/mol. The molecule has 25 heavy (non-hydrogen) atoms. The molecule has 3 rings (SSSR count). The van der Waals surface area contributed by atoms with Gasteiger partial charge in [-0.05, 0) is 43.9 Å². The third kappa shape index (κ3) is 4.97. The van der Waals surface area contributed by atoms with E-state index in [1.54, 1.807) is 17.0 Å². The number of guanidine groups is 1. The fourth-order valence-electron chi connectivity index (χ4n) is 3.47. The molecule has 5 nitrogen and oxygen atoms in total. The van der Waals surface area contributed by atoms with Crippen LogP contribution in [-0.4, -0.2) is 44.8 Å². The number of anilines is 1. The normalized spacial score (nSPS) is 24.8. The largest absolute Gasteiger partial charge is 0.375 e. The predicted molar refractivity (Wildman–Crippen MR) is 110 cm³/mol. The summed E-state index contributed by atoms with van der Waals surface area (Å²) in [6, 6.07) is 5.61. The minimum absolute atomic E-state index is 0. The Hall–Kier alpha value is -1.09. The summed E-state index contributed by atoms with van der Waals surface area (Å²) in [6.45, 7) is 3.28. The van der Waals surface area contributed by atoms with Crippen LogP contribution in [0.15, 0.2) is 23.2 Å². The molecule has 1 aromatic rings. The summed E-state index contributed by atoms with van der Waals surface area (Å²) in [6.07, 6.45) is 4.05. The zero-order chi connectivity index (χ0) is 17.1. The minimum atomic E-state index is -0.216. The first-order chi connectivity index (χ1) is 11.6. The van der Waals surface area contributed by atoms with E-state index < -0.39 is 0 Å². The second kappa shape index (κ2) is 9.02. The van der Waals surface area contributed by atoms with Crippen molar-refractivity contribution in [3.8, 4) is 0 Å². The van der Waals surface area contributed by atoms with Crippen molar-refractivity contribution in [3.63, 3.8) is 0 Å². The number of fused-ring (bicyclic) bond motifs is 2. The molecule has 2 fully saturated rings. The second-order valence-electron chi connectivity index (χ2n) is 6.74. The van der Waals surface area contributed by atoms with E-state index in [4.69, 9.17) is 4.74 Å². The molecule has 2 aliphatic heterocycles. The first kappa shape index (κ1) is 20.2. The van der Waals surface area contributed by atoms with E-state index >= 15 is 0 Å². The average molecular weight is 462 g/mol. The Bertz CT molecular complexity index is 611. The Morgan fingerprint density at radius 3 is 2.72 bits per heavy atom. The summed E-state index contributed by atoms with van der Waals surface area (Å²) in [5, 5.41) is 6.74. The molecule has 0 spiro atoms. The molecule has 0 aliphatic carbocycles. The number of hydrogen-bond donors (Lipinski definition) is 2. The topological polar surface area (TPSA) is 48.9 Å². The van der Waals surface area contributed by atoms with Gasteiger partial charge in [-0.15, -0.1) is 24.0 Å². The molecule has 140 valence electrons. The van der Waals surface area contributed by atoms with Crippen LogP contribution < -0.4 is 15.5 Å². The van der Waals surface area contributed by atoms with Crippen LogP contribution in [0.4, 0.5) is 10.1 Å². The molecule has 1 aromatic carbocycles. The van der Waals surface area contributed by atoms with Crippen LogP contribution in [0.3, 0.4) is 0 Å². The fraction of sp³-hybridized carbons (Fsp3) is 0.611. The van der Waals surface area contributed by atoms with Crippen molar-refractivity contribution < 1.29 is 9.13 Å². The van der Waals surface area contributed by atoms with Gasteiger partial charge in [-0.25, -0.2) is 9.38 Å². The van der Waals surface area contributed by atoms with Crippen LogP contribution in [0.2, 0.25) is 0 Å². The van der Waals surface area contributed by atoms with E-state index in [0.29, 0.717) is 30.5 Å². The number of halogens is 2. The van der Waals surface area contributed by atoms with Gasteiger partial charge in [0, 0.05) is 20.6 Å². The van der Waals surface area contributed by atoms with Gasteiger partial charge in [0.05, 0.1) is 30.5 Å². The van der Waals surface area contributed by atoms with E-state index in [-0.39, 0.29) is 29.8 Å². The number of nitrogens with one attached hydrogen (secondary N) is 2. The third-order valence-corrected chi connectivity index (χ3v) is 4.69. The van der Waals surface area contributed by atoms with Crippen molar-refractivity contribution >= 4 is 35.6 Å². The molecule has 3 unspecified atom stereocenters. The lowest BCUT2D eigenvalue weighted by Gasteiger charge is -2.22. The molecular formula is C18H28FIN4O. The van der Waals surface area contributed by atoms with Crippen LogP contribution in [0.5, 0.6) is 0 Å². The molecule has 2 aliphatic rings. The van der Waals surface area contributed by atoms with Crippen LogP contribution in [0.25, 0.3) is 0 Å². The fourth-order valence-corrected chi connectivity index (χ4v) is 3.47. The maximum atomic E-state index is 14.1. The van der Waals surface area contributed by atoms with Crippen LogP contribution in [0, 0.1) is 5.82 Å². The summed E-state index contributed by atoms with van der Waals surface area (Å²) in [5.74, 6) is 0.558. The Morgan fingerprint density at radius 1 is 1.36 bits per heavy atom. The number of nitrogens with zero attached hydrogens (tertiary/aromatic N) is 2. The van der Waals surface area contributed by atoms with Crippen molar-refractivity contribution in [1.29, 1.82) is 0 Å². The van der Waals surface area contributed by atoms with Crippen molar-refractivity contribution in [2.45, 2.75) is 51.0 Å². The first-order valence-electron chi connectivity index (χ1n) is 8.73. The SMILES string of the molecule is CCNC(=NCc1ccc(N(C)C)c(F)c1)NC1CC2CCC1O2.I. The highest BCUT2D eigenvalue weighted by Crippen LogP contribution is 2.34. The summed E-state index contributed by atoms with van der Waals surface area (Å²) in [4.78, 5) is 6.37. The van der Waals surface area contributed by atoms with E-state index in [9.17, 15) is 4.39 Å². The molecular weight excluding hydrogens is 434 g/mol. The van der Waals surface area contributed by atoms with Crippen molar-refractivity contribution in [3.05, 3.63) is 29.6 Å². The lowest BCUT2D eigenvalue weighted by Crippen LogP contribution is -2.47. The van der Waals surface area contributed by atoms with Gasteiger partial charge in [0.15, 0.2) is 5.96 Å². The van der Waals surface area contributed by atoms with Gasteiger partial charge in [0.25, 0.3) is 0 Å². The molecule has 0 saturated carbocycles. The average Bonchev–Trinajstić information content (AvgIpc) is 3.15. The van der Waals surface area contributed by atoms with E-state index in [0.717, 1.165) is 30.9 Å². The number of aliphatic imine (C=N–C) groups is 1. The van der Waals surface area contributed by atoms with Crippen LogP contribution in [0.1, 0.15) is 31.7 Å². The quantitative estimate of drug-likeness (QED) is 0.402. The summed E-state index contributed by atoms with van der Waals surface area (Å²) in [7, 11) is 3.67. The Kier molecular flexibility index (Phi) is 7.30. The number of hydrogen-bond acceptors (Lipinski definition) is 3. The molecule has 2 N–H and O–H groups in total. The van der Waals surface area contributed by atoms with Gasteiger partial charge < -0.3 is 20.3 Å². The van der Waals surface area contributed by atoms with E-state index in [1.165, 1.54) is 6.42 Å². The molecule has 0 amide bonds. The third-order valence-electron chi connectivity index (χ3n) is 4.69. The zero-order valence-electron chi connectivity index (χ0n) is 15.1. The smallest absolute Gasteiger partial charge is 0.191 e. The van der Waals surface area contributed by atoms with Crippen LogP contribution in [-0.2, 0) is 11.3 Å². The highest BCUT2D eigenvalue weighted by Gasteiger charge is 2.41. The summed E-state index contributed by atoms with van der Waals surface area (Å²) < 4.78 is 19.9. The summed E-state index contributed by atoms with van der Waals surface area (Å²) in [5.41, 5.74) is 1.45. The second-order valence-corrected chi connectivity index (χ2v) is 6.74. The van der Waals surface area contributed by atoms with Gasteiger partial charge in [0.1, 0.15) is 5.82 Å². The molecule has 2 saturated heterocycles. The standard InChI is InChI=1S/C18H27FN4O.HI/c1-4-20-18(22-15-10-13-6-8-17(15)24-13)21-11-12-5-7-16(23(2)3)14(19)9-12;/h5,7,9,13,15,17H,4,6,8,10-11H2,1-3H3,(H2,20,21,22);1H. The highest BCUT2D eigenvalue weighted by atomic mass is 127. The zero-order valence-corrected chi connectivity index (χ0v) is 17.4. The Labute approximate surface area is 166 Å². The maximum Gasteiger partial charge on any atom is 0.191 e. The number of ether oxygens (including phenoxy) is 1. The van der Waals surface area contributed by atoms with Crippen molar-refractivity contribution in [1.82, 2.24) is 10.6 Å². The van der Waals surface area contributed by atoms with Crippen molar-refractivity contribution in [2.75, 3.05) is 25.5 Å². The Balaban J connectivity index is 0.00000225. The van der Waals surface area contributed by atoms with Crippen LogP contribution >= 0.6 is 24.0 Å². The van der Waals surface area contributed by atoms with Gasteiger partial charge in [-0.1, -0.05) is 6.07 Å². The van der Waals surface area contributed by atoms with Gasteiger partial charge >= 0.3 is 0 Å². The van der Waals surface area contributed by atoms with E-state index in [2.05, 4.69) is 15.6 Å².